The number of fused-ring (bicyclic) bond motifs is 2. The van der Waals surface area contributed by atoms with E-state index < -0.39 is 5.91 Å². The van der Waals surface area contributed by atoms with Crippen LogP contribution < -0.4 is 14.4 Å². The van der Waals surface area contributed by atoms with Crippen LogP contribution in [0.15, 0.2) is 52.7 Å². The van der Waals surface area contributed by atoms with Gasteiger partial charge in [-0.2, -0.15) is 0 Å². The summed E-state index contributed by atoms with van der Waals surface area (Å²) in [4.78, 5) is 14.0. The fraction of sp³-hybridized carbons (Fsp3) is 0.318. The number of benzene rings is 2. The lowest BCUT2D eigenvalue weighted by Gasteiger charge is -2.16. The molecule has 1 amide bonds. The van der Waals surface area contributed by atoms with Gasteiger partial charge in [0.05, 0.1) is 31.7 Å². The number of likely N-dealkylation sites (N-methyl/N-ethyl adjacent to an activating group) is 1. The second-order valence-electron chi connectivity index (χ2n) is 7.12. The summed E-state index contributed by atoms with van der Waals surface area (Å²) in [5.74, 6) is 0.607. The molecule has 1 aromatic heterocycles. The minimum Gasteiger partial charge on any atom is -0.493 e. The van der Waals surface area contributed by atoms with E-state index in [0.29, 0.717) is 29.3 Å². The van der Waals surface area contributed by atoms with Crippen LogP contribution in [-0.4, -0.2) is 42.0 Å². The zero-order chi connectivity index (χ0) is 21.1. The van der Waals surface area contributed by atoms with E-state index in [2.05, 4.69) is 24.1 Å². The second-order valence-corrected chi connectivity index (χ2v) is 7.12. The van der Waals surface area contributed by atoms with E-state index in [0.717, 1.165) is 30.5 Å². The molecule has 156 valence electrons. The van der Waals surface area contributed by atoms with Gasteiger partial charge in [0, 0.05) is 10.9 Å². The number of nitrogens with one attached hydrogen (secondary N) is 1. The maximum Gasteiger partial charge on any atom is 0.295 e. The Labute approximate surface area is 174 Å². The molecule has 30 heavy (non-hydrogen) atoms. The van der Waals surface area contributed by atoms with Crippen LogP contribution in [0.3, 0.4) is 0 Å². The molecule has 4 rings (SSSR count). The van der Waals surface area contributed by atoms with Crippen molar-refractivity contribution in [3.05, 3.63) is 48.0 Å². The van der Waals surface area contributed by atoms with Crippen molar-refractivity contribution in [2.45, 2.75) is 20.4 Å². The largest absolute Gasteiger partial charge is 0.493 e. The summed E-state index contributed by atoms with van der Waals surface area (Å²) < 4.78 is 12.4. The molecular formula is C22H25N4O4+. The van der Waals surface area contributed by atoms with Crippen molar-refractivity contribution in [2.24, 2.45) is 10.2 Å². The van der Waals surface area contributed by atoms with Crippen molar-refractivity contribution in [3.63, 3.8) is 0 Å². The van der Waals surface area contributed by atoms with E-state index in [1.807, 2.05) is 28.8 Å². The SMILES string of the molecule is CC[NH+](CC)CCn1c(O)c(N=NC(=O)c2ccc3c(c2)OCO3)c2ccccc21. The molecule has 0 spiro atoms. The first-order chi connectivity index (χ1) is 14.6. The van der Waals surface area contributed by atoms with Gasteiger partial charge in [0.15, 0.2) is 17.2 Å². The Balaban J connectivity index is 1.62. The summed E-state index contributed by atoms with van der Waals surface area (Å²) in [5.41, 5.74) is 1.51. The van der Waals surface area contributed by atoms with E-state index in [1.165, 1.54) is 4.90 Å². The maximum absolute atomic E-state index is 12.5. The monoisotopic (exact) mass is 409 g/mol. The van der Waals surface area contributed by atoms with Crippen LogP contribution in [0.1, 0.15) is 24.2 Å². The molecule has 1 aliphatic heterocycles. The molecule has 2 N–H and O–H groups in total. The fourth-order valence-electron chi connectivity index (χ4n) is 3.65. The number of aromatic nitrogens is 1. The average Bonchev–Trinajstić information content (AvgIpc) is 3.35. The van der Waals surface area contributed by atoms with Gasteiger partial charge in [0.1, 0.15) is 0 Å². The number of quaternary nitrogens is 1. The summed E-state index contributed by atoms with van der Waals surface area (Å²) in [5, 5.41) is 19.6. The van der Waals surface area contributed by atoms with Crippen LogP contribution in [0, 0.1) is 0 Å². The summed E-state index contributed by atoms with van der Waals surface area (Å²) in [7, 11) is 0. The molecule has 8 nitrogen and oxygen atoms in total. The van der Waals surface area contributed by atoms with Gasteiger partial charge >= 0.3 is 0 Å². The minimum absolute atomic E-state index is 0.0185. The second kappa shape index (κ2) is 8.54. The van der Waals surface area contributed by atoms with Gasteiger partial charge in [-0.3, -0.25) is 4.79 Å². The number of amides is 1. The van der Waals surface area contributed by atoms with Gasteiger partial charge in [-0.1, -0.05) is 18.2 Å². The lowest BCUT2D eigenvalue weighted by molar-refractivity contribution is -0.897. The van der Waals surface area contributed by atoms with Crippen molar-refractivity contribution in [3.8, 4) is 17.4 Å². The molecule has 0 saturated heterocycles. The molecule has 2 aromatic carbocycles. The molecule has 0 radical (unpaired) electrons. The highest BCUT2D eigenvalue weighted by Gasteiger charge is 2.19. The first-order valence-corrected chi connectivity index (χ1v) is 10.1. The first kappa shape index (κ1) is 19.9. The van der Waals surface area contributed by atoms with Gasteiger partial charge in [-0.05, 0) is 38.1 Å². The highest BCUT2D eigenvalue weighted by molar-refractivity contribution is 5.97. The van der Waals surface area contributed by atoms with Crippen LogP contribution >= 0.6 is 0 Å². The third kappa shape index (κ3) is 3.73. The summed E-state index contributed by atoms with van der Waals surface area (Å²) >= 11 is 0. The number of carbonyl (C=O) groups excluding carboxylic acids is 1. The van der Waals surface area contributed by atoms with E-state index in [1.54, 1.807) is 18.2 Å². The van der Waals surface area contributed by atoms with Gasteiger partial charge < -0.3 is 24.0 Å². The fourth-order valence-corrected chi connectivity index (χ4v) is 3.65. The molecule has 0 fully saturated rings. The van der Waals surface area contributed by atoms with Crippen LogP contribution in [0.25, 0.3) is 10.9 Å². The maximum atomic E-state index is 12.5. The number of hydrogen-bond donors (Lipinski definition) is 2. The molecule has 1 aliphatic rings. The predicted molar refractivity (Wildman–Crippen MR) is 112 cm³/mol. The third-order valence-corrected chi connectivity index (χ3v) is 5.47. The van der Waals surface area contributed by atoms with Gasteiger partial charge in [-0.15, -0.1) is 10.2 Å². The smallest absolute Gasteiger partial charge is 0.295 e. The van der Waals surface area contributed by atoms with Crippen molar-refractivity contribution < 1.29 is 24.3 Å². The Bertz CT molecular complexity index is 1100. The zero-order valence-electron chi connectivity index (χ0n) is 17.1. The topological polar surface area (TPSA) is 89.9 Å². The molecule has 8 heteroatoms. The van der Waals surface area contributed by atoms with E-state index in [-0.39, 0.29) is 12.7 Å². The quantitative estimate of drug-likeness (QED) is 0.587. The Morgan fingerprint density at radius 2 is 1.90 bits per heavy atom. The summed E-state index contributed by atoms with van der Waals surface area (Å²) in [6.45, 7) is 8.00. The normalized spacial score (nSPS) is 13.0. The highest BCUT2D eigenvalue weighted by Crippen LogP contribution is 2.39. The zero-order valence-corrected chi connectivity index (χ0v) is 17.1. The first-order valence-electron chi connectivity index (χ1n) is 10.1. The number of azo groups is 1. The summed E-state index contributed by atoms with van der Waals surface area (Å²) in [6, 6.07) is 12.5. The van der Waals surface area contributed by atoms with Gasteiger partial charge in [-0.25, -0.2) is 0 Å². The number of nitrogens with zero attached hydrogens (tertiary/aromatic N) is 3. The van der Waals surface area contributed by atoms with E-state index >= 15 is 0 Å². The summed E-state index contributed by atoms with van der Waals surface area (Å²) in [6.07, 6.45) is 0. The number of aromatic hydroxyl groups is 1. The van der Waals surface area contributed by atoms with Crippen molar-refractivity contribution in [1.82, 2.24) is 4.57 Å². The minimum atomic E-state index is -0.517. The van der Waals surface area contributed by atoms with E-state index in [9.17, 15) is 9.90 Å². The number of rotatable bonds is 7. The Morgan fingerprint density at radius 1 is 1.13 bits per heavy atom. The molecule has 0 unspecified atom stereocenters. The van der Waals surface area contributed by atoms with Crippen LogP contribution in [0.5, 0.6) is 17.4 Å². The molecule has 0 atom stereocenters. The van der Waals surface area contributed by atoms with Crippen molar-refractivity contribution >= 4 is 22.5 Å². The Morgan fingerprint density at radius 3 is 2.70 bits per heavy atom. The lowest BCUT2D eigenvalue weighted by atomic mass is 10.2. The van der Waals surface area contributed by atoms with Crippen LogP contribution in [0.4, 0.5) is 5.69 Å². The Kier molecular flexibility index (Phi) is 5.67. The van der Waals surface area contributed by atoms with Gasteiger partial charge in [0.25, 0.3) is 5.91 Å². The molecule has 2 heterocycles. The number of carbonyl (C=O) groups is 1. The standard InChI is InChI=1S/C22H24N4O4/c1-3-25(4-2)11-12-26-17-8-6-5-7-16(17)20(22(26)28)23-24-21(27)15-9-10-18-19(13-15)30-14-29-18/h5-10,13,28H,3-4,11-12,14H2,1-2H3/p+1. The van der Waals surface area contributed by atoms with Crippen LogP contribution in [0.2, 0.25) is 0 Å². The van der Waals surface area contributed by atoms with Crippen molar-refractivity contribution in [1.29, 1.82) is 0 Å². The number of para-hydroxylation sites is 1. The predicted octanol–water partition coefficient (Wildman–Crippen LogP) is 2.92. The van der Waals surface area contributed by atoms with E-state index in [4.69, 9.17) is 9.47 Å². The van der Waals surface area contributed by atoms with Crippen LogP contribution in [-0.2, 0) is 6.54 Å². The third-order valence-electron chi connectivity index (χ3n) is 5.47. The lowest BCUT2D eigenvalue weighted by Crippen LogP contribution is -3.11. The highest BCUT2D eigenvalue weighted by atomic mass is 16.7. The molecule has 0 saturated carbocycles. The average molecular weight is 409 g/mol. The molecular weight excluding hydrogens is 384 g/mol. The molecule has 0 bridgehead atoms. The molecule has 3 aromatic rings. The van der Waals surface area contributed by atoms with Gasteiger partial charge in [0.2, 0.25) is 12.7 Å². The number of ether oxygens (including phenoxy) is 2. The Hall–Kier alpha value is -3.39. The van der Waals surface area contributed by atoms with Crippen molar-refractivity contribution in [2.75, 3.05) is 26.4 Å². The number of hydrogen-bond acceptors (Lipinski definition) is 5. The molecule has 0 aliphatic carbocycles.